The molecule has 3 heterocycles. The molecule has 6 heteroatoms. The lowest BCUT2D eigenvalue weighted by molar-refractivity contribution is -0.134. The van der Waals surface area contributed by atoms with Crippen molar-refractivity contribution in [1.82, 2.24) is 19.8 Å². The molecule has 1 aliphatic heterocycles. The van der Waals surface area contributed by atoms with E-state index in [9.17, 15) is 9.59 Å². The third-order valence-electron chi connectivity index (χ3n) is 5.97. The molecule has 0 N–H and O–H groups in total. The van der Waals surface area contributed by atoms with E-state index in [-0.39, 0.29) is 24.2 Å². The summed E-state index contributed by atoms with van der Waals surface area (Å²) < 4.78 is 0. The van der Waals surface area contributed by atoms with Crippen LogP contribution in [0.15, 0.2) is 86.0 Å². The minimum atomic E-state index is -0.294. The lowest BCUT2D eigenvalue weighted by Crippen LogP contribution is -2.38. The number of amides is 2. The first-order valence-corrected chi connectivity index (χ1v) is 11.2. The van der Waals surface area contributed by atoms with E-state index in [1.165, 1.54) is 0 Å². The number of carbonyl (C=O) groups is 2. The van der Waals surface area contributed by atoms with Gasteiger partial charge in [-0.15, -0.1) is 6.58 Å². The van der Waals surface area contributed by atoms with Gasteiger partial charge in [-0.05, 0) is 46.9 Å². The minimum absolute atomic E-state index is 0.0225. The fourth-order valence-electron chi connectivity index (χ4n) is 4.21. The van der Waals surface area contributed by atoms with Gasteiger partial charge in [0, 0.05) is 51.0 Å². The molecule has 1 atom stereocenters. The standard InChI is InChI=1S/C27H28N4O2/c1-2-14-30-15-16-31(26(32)18-22-4-3-11-29-19-22)20-25(27(30)33)17-21-5-7-23(8-6-21)24-9-12-28-13-10-24/h2-13,19,25H,1,14-18,20H2/t25-/m1/s1. The molecule has 0 saturated carbocycles. The molecule has 0 aliphatic carbocycles. The summed E-state index contributed by atoms with van der Waals surface area (Å²) in [6.07, 6.45) is 9.58. The molecule has 0 spiro atoms. The van der Waals surface area contributed by atoms with Crippen molar-refractivity contribution in [1.29, 1.82) is 0 Å². The largest absolute Gasteiger partial charge is 0.340 e. The molecular weight excluding hydrogens is 412 g/mol. The van der Waals surface area contributed by atoms with Crippen LogP contribution in [0.25, 0.3) is 11.1 Å². The molecule has 1 aliphatic rings. The van der Waals surface area contributed by atoms with Crippen molar-refractivity contribution in [3.63, 3.8) is 0 Å². The zero-order valence-corrected chi connectivity index (χ0v) is 18.6. The van der Waals surface area contributed by atoms with E-state index in [1.54, 1.807) is 35.8 Å². The number of rotatable bonds is 7. The summed E-state index contributed by atoms with van der Waals surface area (Å²) in [7, 11) is 0. The summed E-state index contributed by atoms with van der Waals surface area (Å²) in [6.45, 7) is 5.73. The first kappa shape index (κ1) is 22.4. The Balaban J connectivity index is 1.50. The molecule has 1 saturated heterocycles. The van der Waals surface area contributed by atoms with Gasteiger partial charge in [0.15, 0.2) is 0 Å². The summed E-state index contributed by atoms with van der Waals surface area (Å²) in [5, 5.41) is 0. The van der Waals surface area contributed by atoms with Crippen LogP contribution in [0, 0.1) is 5.92 Å². The molecule has 2 aromatic heterocycles. The lowest BCUT2D eigenvalue weighted by Gasteiger charge is -2.24. The molecule has 0 bridgehead atoms. The van der Waals surface area contributed by atoms with E-state index in [1.807, 2.05) is 29.2 Å². The molecule has 0 radical (unpaired) electrons. The predicted octanol–water partition coefficient (Wildman–Crippen LogP) is 3.40. The Hall–Kier alpha value is -3.80. The third kappa shape index (κ3) is 5.71. The molecule has 3 aromatic rings. The third-order valence-corrected chi connectivity index (χ3v) is 5.97. The molecule has 33 heavy (non-hydrogen) atoms. The van der Waals surface area contributed by atoms with Gasteiger partial charge in [0.25, 0.3) is 0 Å². The fraction of sp³-hybridized carbons (Fsp3) is 0.259. The summed E-state index contributed by atoms with van der Waals surface area (Å²) in [5.74, 6) is -0.198. The van der Waals surface area contributed by atoms with Gasteiger partial charge >= 0.3 is 0 Å². The Bertz CT molecular complexity index is 1080. The van der Waals surface area contributed by atoms with Crippen molar-refractivity contribution in [2.75, 3.05) is 26.2 Å². The lowest BCUT2D eigenvalue weighted by atomic mass is 9.95. The van der Waals surface area contributed by atoms with Crippen molar-refractivity contribution in [2.45, 2.75) is 12.8 Å². The van der Waals surface area contributed by atoms with E-state index >= 15 is 0 Å². The Morgan fingerprint density at radius 2 is 1.73 bits per heavy atom. The number of aromatic nitrogens is 2. The van der Waals surface area contributed by atoms with Gasteiger partial charge in [-0.25, -0.2) is 0 Å². The second-order valence-corrected chi connectivity index (χ2v) is 8.28. The van der Waals surface area contributed by atoms with Crippen LogP contribution in [0.5, 0.6) is 0 Å². The van der Waals surface area contributed by atoms with Crippen LogP contribution in [0.4, 0.5) is 0 Å². The molecule has 0 unspecified atom stereocenters. The average Bonchev–Trinajstić information content (AvgIpc) is 3.00. The summed E-state index contributed by atoms with van der Waals surface area (Å²) >= 11 is 0. The van der Waals surface area contributed by atoms with Gasteiger partial charge < -0.3 is 9.80 Å². The maximum atomic E-state index is 13.3. The number of carbonyl (C=O) groups excluding carboxylic acids is 2. The summed E-state index contributed by atoms with van der Waals surface area (Å²) in [6, 6.07) is 15.9. The quantitative estimate of drug-likeness (QED) is 0.528. The topological polar surface area (TPSA) is 66.4 Å². The zero-order valence-electron chi connectivity index (χ0n) is 18.6. The van der Waals surface area contributed by atoms with Gasteiger partial charge in [-0.1, -0.05) is 36.4 Å². The van der Waals surface area contributed by atoms with Crippen LogP contribution in [0.3, 0.4) is 0 Å². The highest BCUT2D eigenvalue weighted by Gasteiger charge is 2.31. The number of hydrogen-bond donors (Lipinski definition) is 0. The van der Waals surface area contributed by atoms with Crippen LogP contribution >= 0.6 is 0 Å². The van der Waals surface area contributed by atoms with Crippen LogP contribution in [0.1, 0.15) is 11.1 Å². The van der Waals surface area contributed by atoms with E-state index in [0.29, 0.717) is 32.6 Å². The fourth-order valence-corrected chi connectivity index (χ4v) is 4.21. The molecular formula is C27H28N4O2. The van der Waals surface area contributed by atoms with Crippen molar-refractivity contribution < 1.29 is 9.59 Å². The first-order chi connectivity index (χ1) is 16.1. The number of pyridine rings is 2. The summed E-state index contributed by atoms with van der Waals surface area (Å²) in [4.78, 5) is 38.1. The van der Waals surface area contributed by atoms with E-state index in [4.69, 9.17) is 0 Å². The highest BCUT2D eigenvalue weighted by atomic mass is 16.2. The van der Waals surface area contributed by atoms with Gasteiger partial charge in [-0.3, -0.25) is 19.6 Å². The van der Waals surface area contributed by atoms with Crippen molar-refractivity contribution >= 4 is 11.8 Å². The second kappa shape index (κ2) is 10.7. The van der Waals surface area contributed by atoms with Crippen molar-refractivity contribution in [2.24, 2.45) is 5.92 Å². The first-order valence-electron chi connectivity index (χ1n) is 11.2. The van der Waals surface area contributed by atoms with E-state index in [0.717, 1.165) is 22.3 Å². The SMILES string of the molecule is C=CCN1CCN(C(=O)Cc2cccnc2)C[C@@H](Cc2ccc(-c3ccncc3)cc2)C1=O. The Morgan fingerprint density at radius 1 is 0.970 bits per heavy atom. The Morgan fingerprint density at radius 3 is 2.42 bits per heavy atom. The second-order valence-electron chi connectivity index (χ2n) is 8.28. The smallest absolute Gasteiger partial charge is 0.228 e. The van der Waals surface area contributed by atoms with Crippen LogP contribution < -0.4 is 0 Å². The maximum Gasteiger partial charge on any atom is 0.228 e. The number of hydrogen-bond acceptors (Lipinski definition) is 4. The van der Waals surface area contributed by atoms with Gasteiger partial charge in [0.1, 0.15) is 0 Å². The number of benzene rings is 1. The van der Waals surface area contributed by atoms with Crippen molar-refractivity contribution in [3.05, 3.63) is 97.1 Å². The van der Waals surface area contributed by atoms with Crippen LogP contribution in [0.2, 0.25) is 0 Å². The predicted molar refractivity (Wildman–Crippen MR) is 128 cm³/mol. The van der Waals surface area contributed by atoms with Gasteiger partial charge in [-0.2, -0.15) is 0 Å². The average molecular weight is 441 g/mol. The molecule has 1 fully saturated rings. The normalized spacial score (nSPS) is 16.4. The summed E-state index contributed by atoms with van der Waals surface area (Å²) in [5.41, 5.74) is 4.16. The van der Waals surface area contributed by atoms with Gasteiger partial charge in [0.2, 0.25) is 11.8 Å². The van der Waals surface area contributed by atoms with Crippen LogP contribution in [-0.2, 0) is 22.4 Å². The maximum absolute atomic E-state index is 13.3. The minimum Gasteiger partial charge on any atom is -0.340 e. The van der Waals surface area contributed by atoms with Gasteiger partial charge in [0.05, 0.1) is 12.3 Å². The Kier molecular flexibility index (Phi) is 7.25. The molecule has 4 rings (SSSR count). The monoisotopic (exact) mass is 440 g/mol. The number of nitrogens with zero attached hydrogens (tertiary/aromatic N) is 4. The Labute approximate surface area is 194 Å². The highest BCUT2D eigenvalue weighted by molar-refractivity contribution is 5.83. The molecule has 6 nitrogen and oxygen atoms in total. The molecule has 2 amide bonds. The molecule has 1 aromatic carbocycles. The van der Waals surface area contributed by atoms with E-state index < -0.39 is 0 Å². The van der Waals surface area contributed by atoms with E-state index in [2.05, 4.69) is 40.8 Å². The highest BCUT2D eigenvalue weighted by Crippen LogP contribution is 2.22. The van der Waals surface area contributed by atoms with Crippen molar-refractivity contribution in [3.8, 4) is 11.1 Å². The zero-order chi connectivity index (χ0) is 23.0. The molecule has 168 valence electrons. The van der Waals surface area contributed by atoms with Crippen LogP contribution in [-0.4, -0.2) is 57.8 Å².